The van der Waals surface area contributed by atoms with Gasteiger partial charge in [-0.25, -0.2) is 0 Å². The highest BCUT2D eigenvalue weighted by Crippen LogP contribution is 2.28. The zero-order valence-electron chi connectivity index (χ0n) is 15.9. The lowest BCUT2D eigenvalue weighted by molar-refractivity contribution is -0.137. The third-order valence-corrected chi connectivity index (χ3v) is 2.11. The van der Waals surface area contributed by atoms with E-state index in [-0.39, 0.29) is 11.0 Å². The van der Waals surface area contributed by atoms with Crippen LogP contribution in [-0.2, 0) is 6.18 Å². The third-order valence-electron chi connectivity index (χ3n) is 2.11. The molecule has 1 heterocycles. The van der Waals surface area contributed by atoms with Crippen molar-refractivity contribution in [2.75, 3.05) is 0 Å². The Bertz CT molecular complexity index is 524. The number of pyridine rings is 1. The molecule has 140 valence electrons. The van der Waals surface area contributed by atoms with Crippen LogP contribution < -0.4 is 5.56 Å². The zero-order chi connectivity index (χ0) is 20.0. The van der Waals surface area contributed by atoms with Crippen LogP contribution in [0.1, 0.15) is 59.6 Å². The van der Waals surface area contributed by atoms with Gasteiger partial charge >= 0.3 is 6.18 Å². The van der Waals surface area contributed by atoms with Gasteiger partial charge < -0.3 is 10.4 Å². The van der Waals surface area contributed by atoms with Crippen molar-refractivity contribution in [1.82, 2.24) is 4.98 Å². The van der Waals surface area contributed by atoms with E-state index >= 15 is 0 Å². The van der Waals surface area contributed by atoms with Gasteiger partial charge in [-0.05, 0) is 24.5 Å². The molecule has 0 aliphatic carbocycles. The fourth-order valence-corrected chi connectivity index (χ4v) is 1.10. The van der Waals surface area contributed by atoms with Gasteiger partial charge in [-0.1, -0.05) is 54.5 Å². The largest absolute Gasteiger partial charge is 0.417 e. The van der Waals surface area contributed by atoms with Crippen LogP contribution in [0.4, 0.5) is 13.2 Å². The van der Waals surface area contributed by atoms with E-state index in [4.69, 9.17) is 5.41 Å². The Morgan fingerprint density at radius 2 is 1.54 bits per heavy atom. The number of aryl methyl sites for hydroxylation is 1. The molecule has 0 atom stereocenters. The fourth-order valence-electron chi connectivity index (χ4n) is 1.10. The fraction of sp³-hybridized carbons (Fsp3) is 0.556. The van der Waals surface area contributed by atoms with Gasteiger partial charge in [-0.15, -0.1) is 0 Å². The van der Waals surface area contributed by atoms with Gasteiger partial charge in [0.15, 0.2) is 0 Å². The Balaban J connectivity index is -0.000000321. The predicted octanol–water partition coefficient (Wildman–Crippen LogP) is 5.99. The molecule has 0 aliphatic rings. The molecule has 0 aliphatic heterocycles. The van der Waals surface area contributed by atoms with Gasteiger partial charge in [-0.2, -0.15) is 13.2 Å². The molecule has 0 radical (unpaired) electrons. The number of rotatable bonds is 1. The summed E-state index contributed by atoms with van der Waals surface area (Å²) in [7, 11) is 0. The van der Waals surface area contributed by atoms with Crippen molar-refractivity contribution in [3.8, 4) is 0 Å². The molecule has 0 unspecified atom stereocenters. The summed E-state index contributed by atoms with van der Waals surface area (Å²) in [5, 5.41) is 6.67. The standard InChI is InChI=1S/C7H6F3NO.C7H13N.2C2H6/c1-4-2-5(7(8,9)10)3-11-6(4)12;1-7(2,3)5-4-6-8;2*1-2/h2-3H,1H3,(H,11,12);4-6,8H,1-3H3;2*1-2H3/b;5-4-,8-6?;;. The number of alkyl halides is 3. The molecule has 0 bridgehead atoms. The number of allylic oxidation sites excluding steroid dienone is 2. The molecule has 0 saturated carbocycles. The van der Waals surface area contributed by atoms with Crippen LogP contribution in [0.5, 0.6) is 0 Å². The summed E-state index contributed by atoms with van der Waals surface area (Å²) in [6.45, 7) is 15.6. The minimum absolute atomic E-state index is 0.0600. The Morgan fingerprint density at radius 1 is 1.08 bits per heavy atom. The molecule has 6 heteroatoms. The lowest BCUT2D eigenvalue weighted by atomic mass is 9.97. The van der Waals surface area contributed by atoms with E-state index in [1.165, 1.54) is 13.1 Å². The topological polar surface area (TPSA) is 56.7 Å². The highest BCUT2D eigenvalue weighted by molar-refractivity contribution is 5.67. The van der Waals surface area contributed by atoms with Crippen molar-refractivity contribution in [2.24, 2.45) is 5.41 Å². The molecule has 1 rings (SSSR count). The van der Waals surface area contributed by atoms with Gasteiger partial charge in [-0.3, -0.25) is 4.79 Å². The molecule has 24 heavy (non-hydrogen) atoms. The highest BCUT2D eigenvalue weighted by Gasteiger charge is 2.30. The molecule has 1 aromatic rings. The lowest BCUT2D eigenvalue weighted by Gasteiger charge is -2.09. The summed E-state index contributed by atoms with van der Waals surface area (Å²) in [5.74, 6) is 0. The van der Waals surface area contributed by atoms with E-state index < -0.39 is 17.3 Å². The molecular formula is C18H31F3N2O. The molecule has 0 amide bonds. The summed E-state index contributed by atoms with van der Waals surface area (Å²) < 4.78 is 35.9. The zero-order valence-corrected chi connectivity index (χ0v) is 15.9. The van der Waals surface area contributed by atoms with Crippen molar-refractivity contribution < 1.29 is 13.2 Å². The molecule has 3 nitrogen and oxygen atoms in total. The van der Waals surface area contributed by atoms with E-state index in [2.05, 4.69) is 20.8 Å². The number of nitrogens with one attached hydrogen (secondary N) is 2. The molecule has 2 N–H and O–H groups in total. The minimum Gasteiger partial charge on any atom is -0.328 e. The Labute approximate surface area is 143 Å². The first kappa shape index (κ1) is 27.0. The quantitative estimate of drug-likeness (QED) is 0.601. The number of aromatic nitrogens is 1. The summed E-state index contributed by atoms with van der Waals surface area (Å²) in [6.07, 6.45) is 1.32. The van der Waals surface area contributed by atoms with Crippen LogP contribution in [0, 0.1) is 17.7 Å². The summed E-state index contributed by atoms with van der Waals surface area (Å²) in [4.78, 5) is 12.7. The second-order valence-electron chi connectivity index (χ2n) is 5.29. The average Bonchev–Trinajstić information content (AvgIpc) is 2.51. The Hall–Kier alpha value is -1.85. The second kappa shape index (κ2) is 13.6. The van der Waals surface area contributed by atoms with E-state index in [9.17, 15) is 18.0 Å². The van der Waals surface area contributed by atoms with Crippen molar-refractivity contribution >= 4 is 6.21 Å². The first-order chi connectivity index (χ1) is 11.0. The Kier molecular flexibility index (Phi) is 15.3. The number of H-pyrrole nitrogens is 1. The van der Waals surface area contributed by atoms with E-state index in [0.29, 0.717) is 6.20 Å². The molecule has 0 fully saturated rings. The maximum atomic E-state index is 12.0. The Morgan fingerprint density at radius 3 is 1.79 bits per heavy atom. The number of aromatic amines is 1. The minimum atomic E-state index is -4.39. The molecule has 0 saturated heterocycles. The van der Waals surface area contributed by atoms with Crippen LogP contribution >= 0.6 is 0 Å². The van der Waals surface area contributed by atoms with Crippen molar-refractivity contribution in [2.45, 2.75) is 61.6 Å². The number of hydrogen-bond donors (Lipinski definition) is 2. The highest BCUT2D eigenvalue weighted by atomic mass is 19.4. The SMILES string of the molecule is CC.CC.CC(C)(C)/C=C\C=N.Cc1cc(C(F)(F)F)c[nH]c1=O. The third kappa shape index (κ3) is 15.1. The molecule has 1 aromatic heterocycles. The summed E-state index contributed by atoms with van der Waals surface area (Å²) in [6, 6.07) is 0.818. The first-order valence-corrected chi connectivity index (χ1v) is 7.92. The maximum absolute atomic E-state index is 12.0. The van der Waals surface area contributed by atoms with Crippen LogP contribution in [0.25, 0.3) is 0 Å². The molecular weight excluding hydrogens is 317 g/mol. The van der Waals surface area contributed by atoms with Gasteiger partial charge in [0.1, 0.15) is 0 Å². The second-order valence-corrected chi connectivity index (χ2v) is 5.29. The van der Waals surface area contributed by atoms with Gasteiger partial charge in [0.25, 0.3) is 5.56 Å². The van der Waals surface area contributed by atoms with E-state index in [0.717, 1.165) is 6.07 Å². The van der Waals surface area contributed by atoms with Gasteiger partial charge in [0.05, 0.1) is 5.56 Å². The predicted molar refractivity (Wildman–Crippen MR) is 96.9 cm³/mol. The smallest absolute Gasteiger partial charge is 0.328 e. The van der Waals surface area contributed by atoms with Gasteiger partial charge in [0, 0.05) is 18.0 Å². The molecule has 0 spiro atoms. The van der Waals surface area contributed by atoms with Crippen LogP contribution in [-0.4, -0.2) is 11.2 Å². The summed E-state index contributed by atoms with van der Waals surface area (Å²) in [5.41, 5.74) is -1.05. The van der Waals surface area contributed by atoms with Crippen LogP contribution in [0.2, 0.25) is 0 Å². The van der Waals surface area contributed by atoms with E-state index in [1.54, 1.807) is 6.08 Å². The van der Waals surface area contributed by atoms with Crippen LogP contribution in [0.3, 0.4) is 0 Å². The van der Waals surface area contributed by atoms with E-state index in [1.807, 2.05) is 38.8 Å². The number of halogens is 3. The lowest BCUT2D eigenvalue weighted by Crippen LogP contribution is -2.13. The maximum Gasteiger partial charge on any atom is 0.417 e. The monoisotopic (exact) mass is 348 g/mol. The van der Waals surface area contributed by atoms with Crippen molar-refractivity contribution in [3.05, 3.63) is 45.9 Å². The van der Waals surface area contributed by atoms with Gasteiger partial charge in [0.2, 0.25) is 0 Å². The number of hydrogen-bond acceptors (Lipinski definition) is 2. The summed E-state index contributed by atoms with van der Waals surface area (Å²) >= 11 is 0. The van der Waals surface area contributed by atoms with Crippen molar-refractivity contribution in [3.63, 3.8) is 0 Å². The normalized spacial score (nSPS) is 10.5. The van der Waals surface area contributed by atoms with Crippen LogP contribution in [0.15, 0.2) is 29.2 Å². The average molecular weight is 348 g/mol. The molecule has 0 aromatic carbocycles. The van der Waals surface area contributed by atoms with Crippen molar-refractivity contribution in [1.29, 1.82) is 5.41 Å². The first-order valence-electron chi connectivity index (χ1n) is 7.92.